The van der Waals surface area contributed by atoms with Gasteiger partial charge in [-0.05, 0) is 37.7 Å². The van der Waals surface area contributed by atoms with Crippen LogP contribution in [0, 0.1) is 0 Å². The van der Waals surface area contributed by atoms with Crippen molar-refractivity contribution in [2.45, 2.75) is 13.0 Å². The molecule has 130 valence electrons. The molecular weight excluding hydrogens is 380 g/mol. The lowest BCUT2D eigenvalue weighted by Crippen LogP contribution is -3.00. The summed E-state index contributed by atoms with van der Waals surface area (Å²) in [4.78, 5) is 2.46. The number of benzene rings is 1. The van der Waals surface area contributed by atoms with Crippen molar-refractivity contribution in [3.05, 3.63) is 40.9 Å². The number of hydrogen-bond donors (Lipinski definition) is 1. The van der Waals surface area contributed by atoms with Gasteiger partial charge in [0.25, 0.3) is 0 Å². The highest BCUT2D eigenvalue weighted by atomic mass is 79.9. The molecule has 1 saturated heterocycles. The Morgan fingerprint density at radius 3 is 2.87 bits per heavy atom. The van der Waals surface area contributed by atoms with Crippen LogP contribution in [0.1, 0.15) is 12.0 Å². The molecule has 1 N–H and O–H groups in total. The molecule has 23 heavy (non-hydrogen) atoms. The second kappa shape index (κ2) is 11.9. The summed E-state index contributed by atoms with van der Waals surface area (Å²) in [5.74, 6) is 0.920. The summed E-state index contributed by atoms with van der Waals surface area (Å²) in [5, 5.41) is 3.50. The maximum atomic E-state index is 5.69. The quantitative estimate of drug-likeness (QED) is 0.458. The van der Waals surface area contributed by atoms with Crippen molar-refractivity contribution in [3.63, 3.8) is 0 Å². The fourth-order valence-electron chi connectivity index (χ4n) is 2.45. The Hall–Kier alpha value is -0.590. The van der Waals surface area contributed by atoms with E-state index in [1.165, 1.54) is 5.56 Å². The maximum absolute atomic E-state index is 5.69. The lowest BCUT2D eigenvalue weighted by atomic mass is 10.2. The fraction of sp³-hybridized carbons (Fsp3) is 0.529. The molecule has 1 fully saturated rings. The van der Waals surface area contributed by atoms with Crippen molar-refractivity contribution in [2.24, 2.45) is 0 Å². The Labute approximate surface area is 153 Å². The molecule has 0 radical (unpaired) electrons. The minimum absolute atomic E-state index is 0. The van der Waals surface area contributed by atoms with Crippen molar-refractivity contribution >= 4 is 15.9 Å². The number of nitrogens with one attached hydrogen (secondary N) is 1. The first-order valence-corrected chi connectivity index (χ1v) is 8.62. The van der Waals surface area contributed by atoms with Gasteiger partial charge in [-0.1, -0.05) is 28.6 Å². The van der Waals surface area contributed by atoms with Gasteiger partial charge in [0.05, 0.1) is 13.2 Å². The molecule has 0 aliphatic carbocycles. The molecule has 0 spiro atoms. The zero-order chi connectivity index (χ0) is 15.6. The Bertz CT molecular complexity index is 468. The third kappa shape index (κ3) is 7.68. The molecule has 0 unspecified atom stereocenters. The molecule has 1 aromatic rings. The minimum atomic E-state index is 0. The molecule has 0 saturated carbocycles. The minimum Gasteiger partial charge on any atom is -1.00 e. The topological polar surface area (TPSA) is 33.7 Å². The third-order valence-corrected chi connectivity index (χ3v) is 4.12. The van der Waals surface area contributed by atoms with E-state index in [2.05, 4.69) is 38.8 Å². The molecule has 0 bridgehead atoms. The van der Waals surface area contributed by atoms with E-state index in [1.54, 1.807) is 6.08 Å². The predicted molar refractivity (Wildman–Crippen MR) is 93.4 cm³/mol. The van der Waals surface area contributed by atoms with Crippen molar-refractivity contribution in [1.29, 1.82) is 0 Å². The fourth-order valence-corrected chi connectivity index (χ4v) is 2.86. The average Bonchev–Trinajstić information content (AvgIpc) is 2.55. The molecule has 0 amide bonds. The van der Waals surface area contributed by atoms with Crippen LogP contribution in [-0.2, 0) is 11.3 Å². The Balaban J connectivity index is 0.00000264. The molecule has 0 atom stereocenters. The van der Waals surface area contributed by atoms with Gasteiger partial charge >= 0.3 is 0 Å². The van der Waals surface area contributed by atoms with Gasteiger partial charge in [0, 0.05) is 29.7 Å². The van der Waals surface area contributed by atoms with Crippen LogP contribution in [0.15, 0.2) is 35.3 Å². The third-order valence-electron chi connectivity index (χ3n) is 3.63. The maximum Gasteiger partial charge on any atom is 0.124 e. The summed E-state index contributed by atoms with van der Waals surface area (Å²) in [7, 11) is 0. The first-order chi connectivity index (χ1) is 10.8. The zero-order valence-electron chi connectivity index (χ0n) is 13.4. The van der Waals surface area contributed by atoms with E-state index in [1.807, 2.05) is 12.1 Å². The number of halogens is 2. The summed E-state index contributed by atoms with van der Waals surface area (Å²) in [6, 6.07) is 6.10. The Kier molecular flexibility index (Phi) is 10.6. The molecule has 1 aliphatic heterocycles. The van der Waals surface area contributed by atoms with Gasteiger partial charge in [-0.25, -0.2) is 0 Å². The molecule has 1 aliphatic rings. The summed E-state index contributed by atoms with van der Waals surface area (Å²) in [6.07, 6.45) is 2.92. The molecule has 1 aromatic carbocycles. The second-order valence-electron chi connectivity index (χ2n) is 5.34. The molecule has 4 nitrogen and oxygen atoms in total. The number of morpholine rings is 1. The van der Waals surface area contributed by atoms with Crippen LogP contribution in [0.3, 0.4) is 0 Å². The van der Waals surface area contributed by atoms with Gasteiger partial charge < -0.3 is 27.2 Å². The van der Waals surface area contributed by atoms with Crippen LogP contribution >= 0.6 is 15.9 Å². The van der Waals surface area contributed by atoms with Crippen LogP contribution < -0.4 is 22.5 Å². The normalized spacial score (nSPS) is 15.0. The lowest BCUT2D eigenvalue weighted by Gasteiger charge is -2.26. The first-order valence-electron chi connectivity index (χ1n) is 7.82. The van der Waals surface area contributed by atoms with Crippen molar-refractivity contribution in [3.8, 4) is 5.75 Å². The second-order valence-corrected chi connectivity index (χ2v) is 6.25. The SMILES string of the molecule is C=CCOc1ccc(Br)cc1CNCCCN1CCOCC1.[Cl-]. The summed E-state index contributed by atoms with van der Waals surface area (Å²) >= 11 is 3.52. The van der Waals surface area contributed by atoms with Crippen LogP contribution in [0.4, 0.5) is 0 Å². The van der Waals surface area contributed by atoms with Crippen LogP contribution in [-0.4, -0.2) is 50.9 Å². The monoisotopic (exact) mass is 403 g/mol. The summed E-state index contributed by atoms with van der Waals surface area (Å²) in [5.41, 5.74) is 1.17. The molecule has 6 heteroatoms. The van der Waals surface area contributed by atoms with E-state index < -0.39 is 0 Å². The van der Waals surface area contributed by atoms with Crippen LogP contribution in [0.2, 0.25) is 0 Å². The first kappa shape index (κ1) is 20.5. The van der Waals surface area contributed by atoms with E-state index >= 15 is 0 Å². The lowest BCUT2D eigenvalue weighted by molar-refractivity contribution is -0.00000633. The van der Waals surface area contributed by atoms with E-state index in [4.69, 9.17) is 9.47 Å². The van der Waals surface area contributed by atoms with E-state index in [-0.39, 0.29) is 12.4 Å². The Morgan fingerprint density at radius 2 is 2.13 bits per heavy atom. The largest absolute Gasteiger partial charge is 1.00 e. The Morgan fingerprint density at radius 1 is 1.35 bits per heavy atom. The van der Waals surface area contributed by atoms with Crippen molar-refractivity contribution in [2.75, 3.05) is 46.0 Å². The highest BCUT2D eigenvalue weighted by Gasteiger charge is 2.09. The standard InChI is InChI=1S/C17H25BrN2O2.ClH/c1-2-10-22-17-5-4-16(18)13-15(17)14-19-6-3-7-20-8-11-21-12-9-20;/h2,4-5,13,19H,1,3,6-12,14H2;1H/p-1. The van der Waals surface area contributed by atoms with Gasteiger partial charge in [-0.2, -0.15) is 0 Å². The number of nitrogens with zero attached hydrogens (tertiary/aromatic N) is 1. The summed E-state index contributed by atoms with van der Waals surface area (Å²) in [6.45, 7) is 11.0. The van der Waals surface area contributed by atoms with Gasteiger partial charge in [-0.15, -0.1) is 0 Å². The van der Waals surface area contributed by atoms with E-state index in [9.17, 15) is 0 Å². The highest BCUT2D eigenvalue weighted by molar-refractivity contribution is 9.10. The molecular formula is C17H25BrClN2O2-. The van der Waals surface area contributed by atoms with Crippen molar-refractivity contribution < 1.29 is 21.9 Å². The number of ether oxygens (including phenoxy) is 2. The zero-order valence-corrected chi connectivity index (χ0v) is 15.7. The number of rotatable bonds is 9. The molecule has 2 rings (SSSR count). The van der Waals surface area contributed by atoms with Gasteiger partial charge in [0.2, 0.25) is 0 Å². The smallest absolute Gasteiger partial charge is 0.124 e. The van der Waals surface area contributed by atoms with Gasteiger partial charge in [-0.3, -0.25) is 4.90 Å². The van der Waals surface area contributed by atoms with E-state index in [0.29, 0.717) is 6.61 Å². The van der Waals surface area contributed by atoms with Crippen molar-refractivity contribution in [1.82, 2.24) is 10.2 Å². The highest BCUT2D eigenvalue weighted by Crippen LogP contribution is 2.23. The van der Waals surface area contributed by atoms with Crippen LogP contribution in [0.5, 0.6) is 5.75 Å². The summed E-state index contributed by atoms with van der Waals surface area (Å²) < 4.78 is 12.1. The van der Waals surface area contributed by atoms with Gasteiger partial charge in [0.15, 0.2) is 0 Å². The molecule has 0 aromatic heterocycles. The van der Waals surface area contributed by atoms with E-state index in [0.717, 1.165) is 62.6 Å². The van der Waals surface area contributed by atoms with Crippen LogP contribution in [0.25, 0.3) is 0 Å². The molecule has 1 heterocycles. The van der Waals surface area contributed by atoms with Gasteiger partial charge in [0.1, 0.15) is 12.4 Å². The average molecular weight is 405 g/mol. The number of hydrogen-bond acceptors (Lipinski definition) is 4. The predicted octanol–water partition coefficient (Wildman–Crippen LogP) is -0.170.